The molecule has 1 aromatic carbocycles. The number of benzene rings is 1. The summed E-state index contributed by atoms with van der Waals surface area (Å²) in [6.45, 7) is 2.50. The van der Waals surface area contributed by atoms with Crippen molar-refractivity contribution < 1.29 is 18.7 Å². The molecule has 0 bridgehead atoms. The molecule has 1 aromatic heterocycles. The topological polar surface area (TPSA) is 70.7 Å². The monoisotopic (exact) mass is 403 g/mol. The molecule has 2 atom stereocenters. The molecule has 8 heteroatoms. The molecule has 6 nitrogen and oxygen atoms in total. The van der Waals surface area contributed by atoms with Crippen molar-refractivity contribution in [3.8, 4) is 0 Å². The van der Waals surface area contributed by atoms with E-state index >= 15 is 0 Å². The number of morpholine rings is 1. The minimum atomic E-state index is -1.18. The Morgan fingerprint density at radius 1 is 1.32 bits per heavy atom. The maximum Gasteiger partial charge on any atom is 0.254 e. The number of nitrogens with zero attached hydrogens (tertiary/aromatic N) is 1. The first-order chi connectivity index (χ1) is 13.6. The van der Waals surface area contributed by atoms with Gasteiger partial charge in [-0.1, -0.05) is 12.1 Å². The molecule has 2 fully saturated rings. The van der Waals surface area contributed by atoms with Crippen LogP contribution in [0.5, 0.6) is 0 Å². The fourth-order valence-corrected chi connectivity index (χ4v) is 4.54. The van der Waals surface area contributed by atoms with Gasteiger partial charge in [0.05, 0.1) is 12.5 Å². The average molecular weight is 403 g/mol. The molecule has 1 spiro atoms. The normalized spacial score (nSPS) is 25.0. The number of carbonyl (C=O) groups excluding carboxylic acids is 2. The van der Waals surface area contributed by atoms with Crippen molar-refractivity contribution in [2.45, 2.75) is 18.7 Å². The number of likely N-dealkylation sites (tertiary alicyclic amines) is 1. The number of thiophene rings is 1. The van der Waals surface area contributed by atoms with Crippen LogP contribution in [0.4, 0.5) is 4.39 Å². The summed E-state index contributed by atoms with van der Waals surface area (Å²) < 4.78 is 19.1. The van der Waals surface area contributed by atoms with Crippen LogP contribution in [0.1, 0.15) is 11.1 Å². The second-order valence-electron chi connectivity index (χ2n) is 7.19. The third kappa shape index (κ3) is 3.80. The van der Waals surface area contributed by atoms with E-state index in [0.717, 1.165) is 11.1 Å². The van der Waals surface area contributed by atoms with E-state index in [4.69, 9.17) is 4.74 Å². The number of nitrogens with one attached hydrogen (secondary N) is 2. The molecular formula is C20H22FN3O3S. The van der Waals surface area contributed by atoms with Crippen molar-refractivity contribution in [2.75, 3.05) is 26.2 Å². The summed E-state index contributed by atoms with van der Waals surface area (Å²) in [5, 5.41) is 9.73. The minimum Gasteiger partial charge on any atom is -0.361 e. The van der Waals surface area contributed by atoms with Crippen molar-refractivity contribution in [3.63, 3.8) is 0 Å². The maximum atomic E-state index is 13.2. The molecule has 2 aromatic rings. The molecule has 2 amide bonds. The lowest BCUT2D eigenvalue weighted by molar-refractivity contribution is -0.163. The van der Waals surface area contributed by atoms with Gasteiger partial charge in [-0.25, -0.2) is 4.39 Å². The van der Waals surface area contributed by atoms with Crippen molar-refractivity contribution in [1.29, 1.82) is 0 Å². The summed E-state index contributed by atoms with van der Waals surface area (Å²) in [6, 6.07) is 8.22. The number of ether oxygens (including phenoxy) is 1. The number of hydrogen-bond donors (Lipinski definition) is 2. The van der Waals surface area contributed by atoms with E-state index in [1.165, 1.54) is 12.1 Å². The van der Waals surface area contributed by atoms with Gasteiger partial charge in [0.15, 0.2) is 5.60 Å². The third-order valence-corrected chi connectivity index (χ3v) is 6.01. The Bertz CT molecular complexity index is 843. The summed E-state index contributed by atoms with van der Waals surface area (Å²) in [4.78, 5) is 27.7. The summed E-state index contributed by atoms with van der Waals surface area (Å²) in [5.41, 5.74) is 0.770. The smallest absolute Gasteiger partial charge is 0.254 e. The summed E-state index contributed by atoms with van der Waals surface area (Å²) >= 11 is 1.57. The molecular weight excluding hydrogens is 381 g/mol. The Morgan fingerprint density at radius 3 is 2.86 bits per heavy atom. The van der Waals surface area contributed by atoms with Gasteiger partial charge in [-0.05, 0) is 40.1 Å². The van der Waals surface area contributed by atoms with Gasteiger partial charge in [-0.2, -0.15) is 11.3 Å². The zero-order chi connectivity index (χ0) is 19.6. The highest BCUT2D eigenvalue weighted by molar-refractivity contribution is 7.07. The quantitative estimate of drug-likeness (QED) is 0.794. The van der Waals surface area contributed by atoms with Crippen LogP contribution >= 0.6 is 11.3 Å². The van der Waals surface area contributed by atoms with Crippen LogP contribution in [0.25, 0.3) is 0 Å². The van der Waals surface area contributed by atoms with Gasteiger partial charge in [0.1, 0.15) is 5.82 Å². The molecule has 148 valence electrons. The highest BCUT2D eigenvalue weighted by atomic mass is 32.1. The molecule has 28 heavy (non-hydrogen) atoms. The van der Waals surface area contributed by atoms with Gasteiger partial charge in [0.2, 0.25) is 5.91 Å². The fourth-order valence-electron chi connectivity index (χ4n) is 3.87. The van der Waals surface area contributed by atoms with Crippen LogP contribution in [-0.2, 0) is 27.4 Å². The van der Waals surface area contributed by atoms with Crippen LogP contribution in [0.3, 0.4) is 0 Å². The Kier molecular flexibility index (Phi) is 5.43. The number of rotatable bonds is 5. The molecule has 4 rings (SSSR count). The van der Waals surface area contributed by atoms with Gasteiger partial charge < -0.3 is 15.4 Å². The zero-order valence-electron chi connectivity index (χ0n) is 15.3. The second kappa shape index (κ2) is 7.98. The molecule has 2 aliphatic rings. The standard InChI is InChI=1S/C20H22FN3O3S/c21-16-3-1-14(2-4-16)10-24-11-17(18(25)23-9-15-5-8-28-12-15)20(13-24)19(26)22-6-7-27-20/h1-5,8,12,17H,6-7,9-11,13H2,(H,22,26)(H,23,25)/t17-,20-/m1/s1. The van der Waals surface area contributed by atoms with Crippen LogP contribution in [0, 0.1) is 11.7 Å². The Morgan fingerprint density at radius 2 is 2.14 bits per heavy atom. The first kappa shape index (κ1) is 19.0. The molecule has 2 saturated heterocycles. The largest absolute Gasteiger partial charge is 0.361 e. The fraction of sp³-hybridized carbons (Fsp3) is 0.400. The highest BCUT2D eigenvalue weighted by Crippen LogP contribution is 2.34. The predicted octanol–water partition coefficient (Wildman–Crippen LogP) is 1.52. The number of hydrogen-bond acceptors (Lipinski definition) is 5. The number of carbonyl (C=O) groups is 2. The molecule has 0 aliphatic carbocycles. The Labute approximate surface area is 166 Å². The lowest BCUT2D eigenvalue weighted by Crippen LogP contribution is -2.61. The van der Waals surface area contributed by atoms with Crippen LogP contribution < -0.4 is 10.6 Å². The SMILES string of the molecule is O=C(NCc1ccsc1)[C@H]1CN(Cc2ccc(F)cc2)C[C@@]12OCCNC2=O. The Balaban J connectivity index is 1.50. The van der Waals surface area contributed by atoms with E-state index in [-0.39, 0.29) is 17.6 Å². The summed E-state index contributed by atoms with van der Waals surface area (Å²) in [6.07, 6.45) is 0. The van der Waals surface area contributed by atoms with Crippen LogP contribution in [-0.4, -0.2) is 48.6 Å². The van der Waals surface area contributed by atoms with Gasteiger partial charge in [0, 0.05) is 32.7 Å². The third-order valence-electron chi connectivity index (χ3n) is 5.28. The molecule has 0 saturated carbocycles. The van der Waals surface area contributed by atoms with Gasteiger partial charge >= 0.3 is 0 Å². The van der Waals surface area contributed by atoms with Gasteiger partial charge in [0.25, 0.3) is 5.91 Å². The zero-order valence-corrected chi connectivity index (χ0v) is 16.1. The molecule has 2 N–H and O–H groups in total. The van der Waals surface area contributed by atoms with E-state index < -0.39 is 11.5 Å². The predicted molar refractivity (Wildman–Crippen MR) is 103 cm³/mol. The van der Waals surface area contributed by atoms with E-state index in [2.05, 4.69) is 10.6 Å². The minimum absolute atomic E-state index is 0.190. The number of halogens is 1. The molecule has 2 aliphatic heterocycles. The maximum absolute atomic E-state index is 13.2. The van der Waals surface area contributed by atoms with E-state index in [1.54, 1.807) is 23.5 Å². The summed E-state index contributed by atoms with van der Waals surface area (Å²) in [5.74, 6) is -1.32. The average Bonchev–Trinajstić information content (AvgIpc) is 3.33. The van der Waals surface area contributed by atoms with Gasteiger partial charge in [-0.3, -0.25) is 14.5 Å². The molecule has 3 heterocycles. The van der Waals surface area contributed by atoms with Crippen molar-refractivity contribution in [1.82, 2.24) is 15.5 Å². The van der Waals surface area contributed by atoms with Crippen LogP contribution in [0.15, 0.2) is 41.1 Å². The van der Waals surface area contributed by atoms with E-state index in [0.29, 0.717) is 39.3 Å². The highest BCUT2D eigenvalue weighted by Gasteiger charge is 2.57. The molecule has 0 unspecified atom stereocenters. The first-order valence-corrected chi connectivity index (χ1v) is 10.2. The second-order valence-corrected chi connectivity index (χ2v) is 7.97. The lowest BCUT2D eigenvalue weighted by atomic mass is 9.87. The summed E-state index contributed by atoms with van der Waals surface area (Å²) in [7, 11) is 0. The Hall–Kier alpha value is -2.29. The van der Waals surface area contributed by atoms with E-state index in [1.807, 2.05) is 21.7 Å². The number of amides is 2. The van der Waals surface area contributed by atoms with Crippen molar-refractivity contribution >= 4 is 23.2 Å². The van der Waals surface area contributed by atoms with E-state index in [9.17, 15) is 14.0 Å². The van der Waals surface area contributed by atoms with Gasteiger partial charge in [-0.15, -0.1) is 0 Å². The van der Waals surface area contributed by atoms with Crippen LogP contribution in [0.2, 0.25) is 0 Å². The lowest BCUT2D eigenvalue weighted by Gasteiger charge is -2.36. The van der Waals surface area contributed by atoms with Crippen molar-refractivity contribution in [2.24, 2.45) is 5.92 Å². The first-order valence-electron chi connectivity index (χ1n) is 9.25. The molecule has 0 radical (unpaired) electrons. The van der Waals surface area contributed by atoms with Crippen molar-refractivity contribution in [3.05, 3.63) is 58.0 Å².